The topological polar surface area (TPSA) is 70.1 Å². The highest BCUT2D eigenvalue weighted by Crippen LogP contribution is 2.37. The number of methoxy groups -OCH3 is 1. The van der Waals surface area contributed by atoms with Gasteiger partial charge in [-0.15, -0.1) is 0 Å². The van der Waals surface area contributed by atoms with E-state index in [-0.39, 0.29) is 23.1 Å². The van der Waals surface area contributed by atoms with E-state index in [9.17, 15) is 14.7 Å². The molecule has 0 spiro atoms. The van der Waals surface area contributed by atoms with Gasteiger partial charge in [-0.1, -0.05) is 24.2 Å². The van der Waals surface area contributed by atoms with Gasteiger partial charge in [0.25, 0.3) is 5.91 Å². The summed E-state index contributed by atoms with van der Waals surface area (Å²) in [4.78, 5) is 28.2. The van der Waals surface area contributed by atoms with Gasteiger partial charge in [0, 0.05) is 31.9 Å². The fraction of sp³-hybridized carbons (Fsp3) is 0.273. The molecule has 7 heteroatoms. The average Bonchev–Trinajstić information content (AvgIpc) is 2.74. The number of halogens is 1. The first-order valence-corrected chi connectivity index (χ1v) is 9.53. The second-order valence-electron chi connectivity index (χ2n) is 6.94. The molecule has 29 heavy (non-hydrogen) atoms. The third-order valence-corrected chi connectivity index (χ3v) is 5.73. The highest BCUT2D eigenvalue weighted by Gasteiger charge is 2.27. The number of nitrogens with zero attached hydrogens (tertiary/aromatic N) is 2. The molecule has 0 fully saturated rings. The Hall–Kier alpha value is -2.99. The molecule has 0 aliphatic carbocycles. The van der Waals surface area contributed by atoms with E-state index in [2.05, 4.69) is 6.58 Å². The number of likely N-dealkylation sites (N-methyl/N-ethyl adjacent to an activating group) is 1. The second kappa shape index (κ2) is 8.17. The minimum atomic E-state index is -0.295. The van der Waals surface area contributed by atoms with Crippen LogP contribution in [-0.4, -0.2) is 42.5 Å². The number of fused-ring (bicyclic) bond motifs is 1. The normalized spacial score (nSPS) is 12.9. The van der Waals surface area contributed by atoms with Crippen LogP contribution in [0.1, 0.15) is 27.0 Å². The number of hydrogen-bond donors (Lipinski definition) is 1. The fourth-order valence-corrected chi connectivity index (χ4v) is 3.74. The summed E-state index contributed by atoms with van der Waals surface area (Å²) in [6, 6.07) is 7.13. The first kappa shape index (κ1) is 20.7. The highest BCUT2D eigenvalue weighted by molar-refractivity contribution is 6.33. The van der Waals surface area contributed by atoms with Gasteiger partial charge in [-0.25, -0.2) is 0 Å². The van der Waals surface area contributed by atoms with E-state index in [1.165, 1.54) is 24.2 Å². The molecule has 3 rings (SSSR count). The van der Waals surface area contributed by atoms with Crippen LogP contribution in [0.4, 0.5) is 5.69 Å². The van der Waals surface area contributed by atoms with E-state index in [1.807, 2.05) is 18.2 Å². The average molecular weight is 415 g/mol. The highest BCUT2D eigenvalue weighted by atomic mass is 35.5. The van der Waals surface area contributed by atoms with Crippen LogP contribution in [0.2, 0.25) is 5.02 Å². The zero-order valence-corrected chi connectivity index (χ0v) is 17.4. The maximum Gasteiger partial charge on any atom is 0.258 e. The summed E-state index contributed by atoms with van der Waals surface area (Å²) in [6.07, 6.45) is 1.94. The molecular formula is C22H23ClN2O4. The number of aromatic hydroxyl groups is 1. The summed E-state index contributed by atoms with van der Waals surface area (Å²) < 4.78 is 5.14. The minimum Gasteiger partial charge on any atom is -0.507 e. The van der Waals surface area contributed by atoms with Crippen molar-refractivity contribution >= 4 is 29.1 Å². The Morgan fingerprint density at radius 1 is 1.31 bits per heavy atom. The Morgan fingerprint density at radius 2 is 2.03 bits per heavy atom. The first-order chi connectivity index (χ1) is 13.8. The van der Waals surface area contributed by atoms with Crippen LogP contribution in [-0.2, 0) is 17.8 Å². The van der Waals surface area contributed by atoms with Crippen molar-refractivity contribution in [2.75, 3.05) is 25.6 Å². The maximum absolute atomic E-state index is 13.2. The summed E-state index contributed by atoms with van der Waals surface area (Å²) in [6.45, 7) is 6.09. The molecule has 0 atom stereocenters. The quantitative estimate of drug-likeness (QED) is 0.774. The molecule has 0 aromatic heterocycles. The first-order valence-electron chi connectivity index (χ1n) is 9.15. The lowest BCUT2D eigenvalue weighted by atomic mass is 9.97. The Kier molecular flexibility index (Phi) is 5.84. The number of rotatable bonds is 4. The van der Waals surface area contributed by atoms with E-state index in [0.29, 0.717) is 35.8 Å². The summed E-state index contributed by atoms with van der Waals surface area (Å²) in [5.41, 5.74) is 3.47. The monoisotopic (exact) mass is 414 g/mol. The Labute approximate surface area is 174 Å². The molecule has 1 aliphatic rings. The predicted octanol–water partition coefficient (Wildman–Crippen LogP) is 3.71. The molecule has 1 N–H and O–H groups in total. The van der Waals surface area contributed by atoms with Crippen LogP contribution in [0, 0.1) is 6.92 Å². The van der Waals surface area contributed by atoms with E-state index in [4.69, 9.17) is 16.3 Å². The van der Waals surface area contributed by atoms with Crippen molar-refractivity contribution in [1.29, 1.82) is 0 Å². The third-order valence-electron chi connectivity index (χ3n) is 5.26. The van der Waals surface area contributed by atoms with E-state index in [0.717, 1.165) is 16.8 Å². The predicted molar refractivity (Wildman–Crippen MR) is 113 cm³/mol. The Balaban J connectivity index is 1.91. The lowest BCUT2D eigenvalue weighted by molar-refractivity contribution is -0.113. The van der Waals surface area contributed by atoms with Crippen molar-refractivity contribution in [3.05, 3.63) is 64.2 Å². The SMILES string of the molecule is C=CC(=O)N(C)c1ccc2c(c1)CN(C(=O)c1c(O)cc(OC)c(Cl)c1C)CC2. The van der Waals surface area contributed by atoms with Crippen molar-refractivity contribution in [1.82, 2.24) is 4.90 Å². The molecule has 2 aromatic carbocycles. The number of carbonyl (C=O) groups is 2. The zero-order chi connectivity index (χ0) is 21.3. The molecule has 152 valence electrons. The summed E-state index contributed by atoms with van der Waals surface area (Å²) in [7, 11) is 3.13. The molecule has 0 saturated heterocycles. The summed E-state index contributed by atoms with van der Waals surface area (Å²) in [5.74, 6) is -0.343. The molecule has 2 amide bonds. The van der Waals surface area contributed by atoms with Gasteiger partial charge >= 0.3 is 0 Å². The largest absolute Gasteiger partial charge is 0.507 e. The van der Waals surface area contributed by atoms with Crippen molar-refractivity contribution in [2.24, 2.45) is 0 Å². The number of benzene rings is 2. The van der Waals surface area contributed by atoms with Crippen LogP contribution in [0.5, 0.6) is 11.5 Å². The molecule has 0 unspecified atom stereocenters. The lowest BCUT2D eigenvalue weighted by Crippen LogP contribution is -2.36. The number of ether oxygens (including phenoxy) is 1. The standard InChI is InChI=1S/C22H23ClN2O4/c1-5-19(27)24(3)16-7-6-14-8-9-25(12-15(14)10-16)22(28)20-13(2)21(23)18(29-4)11-17(20)26/h5-7,10-11,26H,1,8-9,12H2,2-4H3. The van der Waals surface area contributed by atoms with Gasteiger partial charge in [0.2, 0.25) is 5.91 Å². The van der Waals surface area contributed by atoms with Gasteiger partial charge < -0.3 is 19.6 Å². The Bertz CT molecular complexity index is 1000. The van der Waals surface area contributed by atoms with Gasteiger partial charge in [0.05, 0.1) is 17.7 Å². The number of hydrogen-bond acceptors (Lipinski definition) is 4. The molecule has 1 heterocycles. The van der Waals surface area contributed by atoms with Crippen LogP contribution in [0.15, 0.2) is 36.9 Å². The Morgan fingerprint density at radius 3 is 2.69 bits per heavy atom. The lowest BCUT2D eigenvalue weighted by Gasteiger charge is -2.30. The number of phenols is 1. The van der Waals surface area contributed by atoms with Gasteiger partial charge in [0.1, 0.15) is 11.5 Å². The van der Waals surface area contributed by atoms with Gasteiger partial charge in [-0.2, -0.15) is 0 Å². The molecule has 0 saturated carbocycles. The van der Waals surface area contributed by atoms with E-state index >= 15 is 0 Å². The number of anilines is 1. The third kappa shape index (κ3) is 3.80. The summed E-state index contributed by atoms with van der Waals surface area (Å²) in [5, 5.41) is 10.7. The van der Waals surface area contributed by atoms with Crippen molar-refractivity contribution in [3.63, 3.8) is 0 Å². The van der Waals surface area contributed by atoms with E-state index < -0.39 is 0 Å². The second-order valence-corrected chi connectivity index (χ2v) is 7.32. The number of carbonyl (C=O) groups excluding carboxylic acids is 2. The molecular weight excluding hydrogens is 392 g/mol. The smallest absolute Gasteiger partial charge is 0.258 e. The molecule has 0 bridgehead atoms. The number of phenolic OH excluding ortho intramolecular Hbond substituents is 1. The minimum absolute atomic E-state index is 0.162. The molecule has 0 radical (unpaired) electrons. The van der Waals surface area contributed by atoms with Gasteiger partial charge in [-0.05, 0) is 48.2 Å². The zero-order valence-electron chi connectivity index (χ0n) is 16.7. The maximum atomic E-state index is 13.2. The molecule has 6 nitrogen and oxygen atoms in total. The molecule has 1 aliphatic heterocycles. The fourth-order valence-electron chi connectivity index (χ4n) is 3.51. The number of amides is 2. The summed E-state index contributed by atoms with van der Waals surface area (Å²) >= 11 is 6.28. The van der Waals surface area contributed by atoms with Crippen LogP contribution >= 0.6 is 11.6 Å². The van der Waals surface area contributed by atoms with Crippen molar-refractivity contribution < 1.29 is 19.4 Å². The van der Waals surface area contributed by atoms with E-state index in [1.54, 1.807) is 18.9 Å². The van der Waals surface area contributed by atoms with Crippen molar-refractivity contribution in [3.8, 4) is 11.5 Å². The van der Waals surface area contributed by atoms with Crippen LogP contribution in [0.3, 0.4) is 0 Å². The van der Waals surface area contributed by atoms with Crippen LogP contribution < -0.4 is 9.64 Å². The van der Waals surface area contributed by atoms with Gasteiger partial charge in [0.15, 0.2) is 0 Å². The van der Waals surface area contributed by atoms with Gasteiger partial charge in [-0.3, -0.25) is 9.59 Å². The molecule has 2 aromatic rings. The van der Waals surface area contributed by atoms with Crippen molar-refractivity contribution in [2.45, 2.75) is 19.9 Å². The van der Waals surface area contributed by atoms with Crippen LogP contribution in [0.25, 0.3) is 0 Å².